The number of rotatable bonds is 2. The maximum atomic E-state index is 12.0. The van der Waals surface area contributed by atoms with Crippen molar-refractivity contribution in [3.63, 3.8) is 0 Å². The van der Waals surface area contributed by atoms with Gasteiger partial charge in [-0.2, -0.15) is 0 Å². The predicted octanol–water partition coefficient (Wildman–Crippen LogP) is 0.868. The summed E-state index contributed by atoms with van der Waals surface area (Å²) in [5.74, 6) is -0.969. The molecule has 0 atom stereocenters. The number of amides is 4. The smallest absolute Gasteiger partial charge is 0.277 e. The molecule has 0 aromatic rings. The van der Waals surface area contributed by atoms with Crippen molar-refractivity contribution in [2.45, 2.75) is 39.0 Å². The summed E-state index contributed by atoms with van der Waals surface area (Å²) in [6.07, 6.45) is 6.08. The Balaban J connectivity index is 0.00000162. The number of hydrogen-bond donors (Lipinski definition) is 2. The zero-order valence-corrected chi connectivity index (χ0v) is 12.8. The summed E-state index contributed by atoms with van der Waals surface area (Å²) >= 11 is 0. The number of carbonyl (C=O) groups excluding carboxylic acids is 3. The molecule has 0 saturated carbocycles. The molecule has 5 nitrogen and oxygen atoms in total. The molecule has 1 fully saturated rings. The van der Waals surface area contributed by atoms with E-state index in [1.165, 1.54) is 0 Å². The zero-order chi connectivity index (χ0) is 12.5. The minimum absolute atomic E-state index is 0. The van der Waals surface area contributed by atoms with Gasteiger partial charge < -0.3 is 0 Å². The van der Waals surface area contributed by atoms with Crippen LogP contribution in [0.4, 0.5) is 4.79 Å². The fraction of sp³-hybridized carbons (Fsp3) is 0.583. The van der Waals surface area contributed by atoms with Crippen LogP contribution in [0, 0.1) is 5.41 Å². The topological polar surface area (TPSA) is 75.3 Å². The van der Waals surface area contributed by atoms with E-state index in [1.807, 2.05) is 6.08 Å². The van der Waals surface area contributed by atoms with Gasteiger partial charge in [-0.15, -0.1) is 0 Å². The second kappa shape index (κ2) is 6.17. The molecule has 0 radical (unpaired) electrons. The maximum Gasteiger partial charge on any atom is 2.00 e. The first-order valence-electron chi connectivity index (χ1n) is 5.97. The molecule has 0 aromatic carbocycles. The molecule has 0 spiro atoms. The van der Waals surface area contributed by atoms with E-state index in [0.717, 1.165) is 31.3 Å². The van der Waals surface area contributed by atoms with E-state index in [2.05, 4.69) is 10.6 Å². The Labute approximate surface area is 136 Å². The van der Waals surface area contributed by atoms with Gasteiger partial charge in [-0.3, -0.25) is 20.2 Å². The van der Waals surface area contributed by atoms with E-state index in [-0.39, 0.29) is 37.7 Å². The molecule has 1 saturated heterocycles. The van der Waals surface area contributed by atoms with Crippen LogP contribution < -0.4 is 10.6 Å². The molecule has 0 aromatic heterocycles. The second-order valence-electron chi connectivity index (χ2n) is 4.47. The Kier molecular flexibility index (Phi) is 5.37. The van der Waals surface area contributed by atoms with Crippen LogP contribution in [0.3, 0.4) is 0 Å². The Morgan fingerprint density at radius 1 is 1.17 bits per heavy atom. The Morgan fingerprint density at radius 2 is 1.78 bits per heavy atom. The van der Waals surface area contributed by atoms with Crippen LogP contribution in [-0.4, -0.2) is 55.6 Å². The Hall–Kier alpha value is -0.390. The van der Waals surface area contributed by atoms with Crippen molar-refractivity contribution in [2.75, 3.05) is 0 Å². The van der Waals surface area contributed by atoms with Gasteiger partial charge >= 0.3 is 43.8 Å². The molecule has 2 N–H and O–H groups in total. The molecule has 6 heteroatoms. The van der Waals surface area contributed by atoms with Crippen LogP contribution in [0.2, 0.25) is 0 Å². The minimum atomic E-state index is -1.17. The van der Waals surface area contributed by atoms with Gasteiger partial charge in [0.25, 0.3) is 0 Å². The summed E-state index contributed by atoms with van der Waals surface area (Å²) in [5, 5.41) is 4.40. The summed E-state index contributed by atoms with van der Waals surface area (Å²) in [7, 11) is 0. The molecule has 1 aliphatic carbocycles. The van der Waals surface area contributed by atoms with Gasteiger partial charge in [-0.1, -0.05) is 13.0 Å². The largest absolute Gasteiger partial charge is 2.00 e. The van der Waals surface area contributed by atoms with Crippen molar-refractivity contribution in [1.29, 1.82) is 0 Å². The van der Waals surface area contributed by atoms with Gasteiger partial charge in [0.1, 0.15) is 5.41 Å². The first-order valence-corrected chi connectivity index (χ1v) is 5.97. The Bertz CT molecular complexity index is 398. The van der Waals surface area contributed by atoms with Crippen molar-refractivity contribution < 1.29 is 14.4 Å². The van der Waals surface area contributed by atoms with Gasteiger partial charge in [0.15, 0.2) is 0 Å². The first-order chi connectivity index (χ1) is 8.11. The molecular formula is C12H16CaN2O3+2. The van der Waals surface area contributed by atoms with Gasteiger partial charge in [0, 0.05) is 0 Å². The fourth-order valence-corrected chi connectivity index (χ4v) is 2.62. The molecule has 92 valence electrons. The van der Waals surface area contributed by atoms with Gasteiger partial charge in [-0.05, 0) is 37.7 Å². The SMILES string of the molecule is CCC1(C2=CCCCC2)C(=O)NC(=O)NC1=O.[Ca+2]. The third-order valence-electron chi connectivity index (χ3n) is 3.60. The normalized spacial score (nSPS) is 22.5. The monoisotopic (exact) mass is 276 g/mol. The summed E-state index contributed by atoms with van der Waals surface area (Å²) in [6.45, 7) is 1.80. The fourth-order valence-electron chi connectivity index (χ4n) is 2.62. The zero-order valence-electron chi connectivity index (χ0n) is 10.5. The average Bonchev–Trinajstić information content (AvgIpc) is 2.30. The number of allylic oxidation sites excluding steroid dienone is 1. The third kappa shape index (κ3) is 2.49. The molecule has 1 aliphatic heterocycles. The van der Waals surface area contributed by atoms with Crippen molar-refractivity contribution in [2.24, 2.45) is 5.41 Å². The molecule has 1 heterocycles. The van der Waals surface area contributed by atoms with Crippen molar-refractivity contribution in [3.8, 4) is 0 Å². The molecular weight excluding hydrogens is 260 g/mol. The first kappa shape index (κ1) is 15.7. The maximum absolute atomic E-state index is 12.0. The van der Waals surface area contributed by atoms with Gasteiger partial charge in [0.2, 0.25) is 11.8 Å². The van der Waals surface area contributed by atoms with Crippen molar-refractivity contribution in [1.82, 2.24) is 10.6 Å². The molecule has 4 amide bonds. The van der Waals surface area contributed by atoms with Crippen LogP contribution in [0.5, 0.6) is 0 Å². The molecule has 2 aliphatic rings. The van der Waals surface area contributed by atoms with E-state index in [0.29, 0.717) is 6.42 Å². The van der Waals surface area contributed by atoms with Gasteiger partial charge in [-0.25, -0.2) is 4.79 Å². The van der Waals surface area contributed by atoms with Crippen LogP contribution in [0.25, 0.3) is 0 Å². The number of carbonyl (C=O) groups is 3. The van der Waals surface area contributed by atoms with Crippen LogP contribution in [0.15, 0.2) is 11.6 Å². The second-order valence-corrected chi connectivity index (χ2v) is 4.47. The van der Waals surface area contributed by atoms with Crippen LogP contribution in [-0.2, 0) is 9.59 Å². The Morgan fingerprint density at radius 3 is 2.22 bits per heavy atom. The van der Waals surface area contributed by atoms with E-state index in [1.54, 1.807) is 6.92 Å². The number of imide groups is 2. The average molecular weight is 276 g/mol. The number of urea groups is 1. The van der Waals surface area contributed by atoms with E-state index in [9.17, 15) is 14.4 Å². The minimum Gasteiger partial charge on any atom is -0.277 e. The predicted molar refractivity (Wildman–Crippen MR) is 66.7 cm³/mol. The number of nitrogens with one attached hydrogen (secondary N) is 2. The van der Waals surface area contributed by atoms with E-state index in [4.69, 9.17) is 0 Å². The molecule has 18 heavy (non-hydrogen) atoms. The number of barbiturate groups is 1. The standard InChI is InChI=1S/C12H16N2O3.Ca/c1-2-12(8-6-4-3-5-7-8)9(15)13-11(17)14-10(12)16;/h6H,2-5,7H2,1H3,(H2,13,14,15,16,17);/q;+2. The van der Waals surface area contributed by atoms with Crippen LogP contribution in [0.1, 0.15) is 39.0 Å². The molecule has 2 rings (SSSR count). The molecule has 0 unspecified atom stereocenters. The summed E-state index contributed by atoms with van der Waals surface area (Å²) < 4.78 is 0. The summed E-state index contributed by atoms with van der Waals surface area (Å²) in [4.78, 5) is 35.2. The van der Waals surface area contributed by atoms with Crippen molar-refractivity contribution in [3.05, 3.63) is 11.6 Å². The molecule has 0 bridgehead atoms. The van der Waals surface area contributed by atoms with Crippen LogP contribution >= 0.6 is 0 Å². The number of hydrogen-bond acceptors (Lipinski definition) is 3. The third-order valence-corrected chi connectivity index (χ3v) is 3.60. The summed E-state index contributed by atoms with van der Waals surface area (Å²) in [6, 6.07) is -0.722. The quantitative estimate of drug-likeness (QED) is 0.446. The summed E-state index contributed by atoms with van der Waals surface area (Å²) in [5.41, 5.74) is -0.317. The van der Waals surface area contributed by atoms with Gasteiger partial charge in [0.05, 0.1) is 0 Å². The van der Waals surface area contributed by atoms with E-state index < -0.39 is 23.3 Å². The van der Waals surface area contributed by atoms with E-state index >= 15 is 0 Å². The van der Waals surface area contributed by atoms with Crippen molar-refractivity contribution >= 4 is 55.6 Å².